The van der Waals surface area contributed by atoms with Crippen molar-refractivity contribution in [3.8, 4) is 17.2 Å². The lowest BCUT2D eigenvalue weighted by Crippen LogP contribution is -2.84. The predicted molar refractivity (Wildman–Crippen MR) is 75.6 cm³/mol. The van der Waals surface area contributed by atoms with Crippen molar-refractivity contribution < 1.29 is 24.3 Å². The molecule has 1 aromatic carbocycles. The summed E-state index contributed by atoms with van der Waals surface area (Å²) in [6.07, 6.45) is 2.76. The van der Waals surface area contributed by atoms with E-state index in [0.717, 1.165) is 25.3 Å². The second kappa shape index (κ2) is 7.36. The molecule has 1 aliphatic rings. The summed E-state index contributed by atoms with van der Waals surface area (Å²) in [6.45, 7) is 2.77. The van der Waals surface area contributed by atoms with Crippen LogP contribution in [0, 0.1) is 0 Å². The van der Waals surface area contributed by atoms with Crippen LogP contribution in [-0.2, 0) is 11.3 Å². The van der Waals surface area contributed by atoms with E-state index in [0.29, 0.717) is 23.4 Å². The average molecular weight is 282 g/mol. The molecule has 0 aromatic heterocycles. The maximum atomic E-state index is 5.62. The summed E-state index contributed by atoms with van der Waals surface area (Å²) in [5.41, 5.74) is 1.15. The number of ether oxygens (including phenoxy) is 4. The average Bonchev–Trinajstić information content (AvgIpc) is 2.99. The molecule has 0 amide bonds. The highest BCUT2D eigenvalue weighted by Gasteiger charge is 2.18. The van der Waals surface area contributed by atoms with E-state index in [2.05, 4.69) is 5.32 Å². The van der Waals surface area contributed by atoms with Crippen LogP contribution >= 0.6 is 0 Å². The van der Waals surface area contributed by atoms with Crippen LogP contribution in [0.2, 0.25) is 0 Å². The number of benzene rings is 1. The van der Waals surface area contributed by atoms with Gasteiger partial charge in [0.05, 0.1) is 21.3 Å². The molecule has 2 rings (SSSR count). The van der Waals surface area contributed by atoms with Gasteiger partial charge >= 0.3 is 0 Å². The number of rotatable bonds is 7. The highest BCUT2D eigenvalue weighted by Crippen LogP contribution is 2.37. The van der Waals surface area contributed by atoms with Crippen LogP contribution in [-0.4, -0.2) is 40.6 Å². The molecule has 5 nitrogen and oxygen atoms in total. The van der Waals surface area contributed by atoms with Gasteiger partial charge in [-0.3, -0.25) is 0 Å². The van der Waals surface area contributed by atoms with Crippen molar-refractivity contribution in [3.05, 3.63) is 17.7 Å². The summed E-state index contributed by atoms with van der Waals surface area (Å²) < 4.78 is 21.6. The Kier molecular flexibility index (Phi) is 5.49. The van der Waals surface area contributed by atoms with E-state index < -0.39 is 0 Å². The van der Waals surface area contributed by atoms with Gasteiger partial charge in [0.2, 0.25) is 5.75 Å². The van der Waals surface area contributed by atoms with Crippen LogP contribution in [0.1, 0.15) is 18.4 Å². The highest BCUT2D eigenvalue weighted by atomic mass is 16.5. The number of hydrogen-bond donors (Lipinski definition) is 1. The maximum absolute atomic E-state index is 5.62. The van der Waals surface area contributed by atoms with Crippen molar-refractivity contribution in [3.63, 3.8) is 0 Å². The zero-order valence-corrected chi connectivity index (χ0v) is 12.5. The highest BCUT2D eigenvalue weighted by molar-refractivity contribution is 5.53. The van der Waals surface area contributed by atoms with Crippen LogP contribution in [0.4, 0.5) is 0 Å². The smallest absolute Gasteiger partial charge is 0.203 e. The third kappa shape index (κ3) is 3.55. The standard InChI is InChI=1S/C15H23NO4/c1-17-13-7-11(8-14(18-2)15(13)19-3)9-16-10-12-5-4-6-20-12/h7-8,12,16H,4-6,9-10H2,1-3H3/p+1/t12-/m1/s1. The summed E-state index contributed by atoms with van der Waals surface area (Å²) in [5, 5.41) is 2.26. The molecule has 0 bridgehead atoms. The molecule has 1 saturated heterocycles. The first-order valence-electron chi connectivity index (χ1n) is 7.00. The van der Waals surface area contributed by atoms with Gasteiger partial charge in [-0.15, -0.1) is 0 Å². The minimum absolute atomic E-state index is 0.400. The Morgan fingerprint density at radius 3 is 2.35 bits per heavy atom. The van der Waals surface area contributed by atoms with E-state index in [9.17, 15) is 0 Å². The van der Waals surface area contributed by atoms with Crippen LogP contribution in [0.25, 0.3) is 0 Å². The Balaban J connectivity index is 1.99. The van der Waals surface area contributed by atoms with Crippen molar-refractivity contribution in [1.82, 2.24) is 0 Å². The van der Waals surface area contributed by atoms with Gasteiger partial charge in [-0.2, -0.15) is 0 Å². The molecule has 1 atom stereocenters. The Bertz CT molecular complexity index is 405. The molecule has 1 aromatic rings. The van der Waals surface area contributed by atoms with Crippen molar-refractivity contribution in [2.24, 2.45) is 0 Å². The first kappa shape index (κ1) is 14.9. The van der Waals surface area contributed by atoms with Crippen LogP contribution < -0.4 is 19.5 Å². The molecule has 0 aliphatic carbocycles. The fourth-order valence-electron chi connectivity index (χ4n) is 2.52. The number of hydrogen-bond acceptors (Lipinski definition) is 4. The number of methoxy groups -OCH3 is 3. The molecule has 112 valence electrons. The second-order valence-electron chi connectivity index (χ2n) is 4.90. The van der Waals surface area contributed by atoms with E-state index in [-0.39, 0.29) is 0 Å². The van der Waals surface area contributed by atoms with Crippen molar-refractivity contribution in [1.29, 1.82) is 0 Å². The van der Waals surface area contributed by atoms with E-state index >= 15 is 0 Å². The van der Waals surface area contributed by atoms with Gasteiger partial charge in [-0.05, 0) is 25.0 Å². The quantitative estimate of drug-likeness (QED) is 0.809. The van der Waals surface area contributed by atoms with Gasteiger partial charge in [0.15, 0.2) is 11.5 Å². The molecule has 1 fully saturated rings. The van der Waals surface area contributed by atoms with E-state index in [4.69, 9.17) is 18.9 Å². The predicted octanol–water partition coefficient (Wildman–Crippen LogP) is 0.955. The first-order chi connectivity index (χ1) is 9.78. The SMILES string of the molecule is COc1cc(C[NH2+]C[C@H]2CCCO2)cc(OC)c1OC. The minimum Gasteiger partial charge on any atom is -0.493 e. The fraction of sp³-hybridized carbons (Fsp3) is 0.600. The lowest BCUT2D eigenvalue weighted by molar-refractivity contribution is -0.676. The molecule has 5 heteroatoms. The molecule has 2 N–H and O–H groups in total. The van der Waals surface area contributed by atoms with Crippen molar-refractivity contribution in [2.75, 3.05) is 34.5 Å². The van der Waals surface area contributed by atoms with Gasteiger partial charge in [-0.25, -0.2) is 0 Å². The summed E-state index contributed by atoms with van der Waals surface area (Å²) in [5.74, 6) is 2.04. The first-order valence-corrected chi connectivity index (χ1v) is 7.00. The van der Waals surface area contributed by atoms with Gasteiger partial charge in [0, 0.05) is 12.2 Å². The topological polar surface area (TPSA) is 53.5 Å². The molecule has 1 heterocycles. The van der Waals surface area contributed by atoms with E-state index in [1.54, 1.807) is 21.3 Å². The van der Waals surface area contributed by atoms with Gasteiger partial charge < -0.3 is 24.3 Å². The van der Waals surface area contributed by atoms with Gasteiger partial charge in [0.25, 0.3) is 0 Å². The zero-order chi connectivity index (χ0) is 14.4. The lowest BCUT2D eigenvalue weighted by atomic mass is 10.1. The summed E-state index contributed by atoms with van der Waals surface area (Å²) >= 11 is 0. The van der Waals surface area contributed by atoms with E-state index in [1.807, 2.05) is 12.1 Å². The third-order valence-corrected chi connectivity index (χ3v) is 3.56. The number of quaternary nitrogens is 1. The van der Waals surface area contributed by atoms with E-state index in [1.165, 1.54) is 12.8 Å². The summed E-state index contributed by atoms with van der Waals surface area (Å²) in [7, 11) is 4.89. The Hall–Kier alpha value is -1.46. The Labute approximate surface area is 120 Å². The molecular weight excluding hydrogens is 258 g/mol. The van der Waals surface area contributed by atoms with Crippen LogP contribution in [0.3, 0.4) is 0 Å². The lowest BCUT2D eigenvalue weighted by Gasteiger charge is -2.14. The normalized spacial score (nSPS) is 18.1. The zero-order valence-electron chi connectivity index (χ0n) is 12.5. The molecule has 0 radical (unpaired) electrons. The largest absolute Gasteiger partial charge is 0.493 e. The summed E-state index contributed by atoms with van der Waals surface area (Å²) in [6, 6.07) is 3.99. The molecular formula is C15H24NO4+. The minimum atomic E-state index is 0.400. The monoisotopic (exact) mass is 282 g/mol. The maximum Gasteiger partial charge on any atom is 0.203 e. The molecule has 1 aliphatic heterocycles. The molecule has 20 heavy (non-hydrogen) atoms. The summed E-state index contributed by atoms with van der Waals surface area (Å²) in [4.78, 5) is 0. The van der Waals surface area contributed by atoms with Gasteiger partial charge in [-0.1, -0.05) is 0 Å². The number of nitrogens with two attached hydrogens (primary N) is 1. The van der Waals surface area contributed by atoms with Crippen molar-refractivity contribution in [2.45, 2.75) is 25.5 Å². The Morgan fingerprint density at radius 1 is 1.15 bits per heavy atom. The third-order valence-electron chi connectivity index (χ3n) is 3.56. The Morgan fingerprint density at radius 2 is 1.85 bits per heavy atom. The van der Waals surface area contributed by atoms with Crippen LogP contribution in [0.5, 0.6) is 17.2 Å². The molecule has 0 unspecified atom stereocenters. The molecule has 0 saturated carbocycles. The van der Waals surface area contributed by atoms with Gasteiger partial charge in [0.1, 0.15) is 19.2 Å². The fourth-order valence-corrected chi connectivity index (χ4v) is 2.52. The van der Waals surface area contributed by atoms with Crippen LogP contribution in [0.15, 0.2) is 12.1 Å². The van der Waals surface area contributed by atoms with Crippen molar-refractivity contribution >= 4 is 0 Å². The second-order valence-corrected chi connectivity index (χ2v) is 4.90. The molecule has 0 spiro atoms.